The van der Waals surface area contributed by atoms with Crippen LogP contribution in [0.15, 0.2) is 85.1 Å². The Bertz CT molecular complexity index is 1080. The van der Waals surface area contributed by atoms with Gasteiger partial charge in [0.05, 0.1) is 5.75 Å². The van der Waals surface area contributed by atoms with Crippen LogP contribution in [-0.2, 0) is 20.1 Å². The van der Waals surface area contributed by atoms with E-state index in [1.807, 2.05) is 48.5 Å². The van der Waals surface area contributed by atoms with Gasteiger partial charge in [-0.3, -0.25) is 0 Å². The first-order valence-corrected chi connectivity index (χ1v) is 8.24. The Morgan fingerprint density at radius 1 is 0.692 bits per heavy atom. The van der Waals surface area contributed by atoms with Crippen molar-refractivity contribution in [3.63, 3.8) is 0 Å². The molecule has 2 heterocycles. The Balaban J connectivity index is 0.00000168. The molecule has 127 valence electrons. The van der Waals surface area contributed by atoms with Crippen molar-refractivity contribution in [1.29, 1.82) is 0 Å². The zero-order chi connectivity index (χ0) is 16.6. The van der Waals surface area contributed by atoms with Crippen molar-refractivity contribution in [3.05, 3.63) is 91.1 Å². The number of fused-ring (bicyclic) bond motifs is 5. The molecule has 0 N–H and O–H groups in total. The second-order valence-corrected chi connectivity index (χ2v) is 5.95. The third kappa shape index (κ3) is 2.66. The zero-order valence-corrected chi connectivity index (χ0v) is 16.2. The molecule has 5 rings (SSSR count). The number of hydrogen-bond acceptors (Lipinski definition) is 2. The Kier molecular flexibility index (Phi) is 4.42. The van der Waals surface area contributed by atoms with Crippen LogP contribution in [-0.4, -0.2) is 4.98 Å². The van der Waals surface area contributed by atoms with Gasteiger partial charge in [0.2, 0.25) is 0 Å². The predicted molar refractivity (Wildman–Crippen MR) is 99.5 cm³/mol. The van der Waals surface area contributed by atoms with Gasteiger partial charge in [-0.15, -0.1) is 17.7 Å². The molecule has 0 amide bonds. The Morgan fingerprint density at radius 3 is 2.23 bits per heavy atom. The predicted octanol–water partition coefficient (Wildman–Crippen LogP) is 5.99. The first-order valence-electron chi connectivity index (χ1n) is 8.24. The first kappa shape index (κ1) is 16.7. The van der Waals surface area contributed by atoms with Crippen LogP contribution in [0, 0.1) is 6.07 Å². The number of nitrogens with zero attached hydrogens (tertiary/aromatic N) is 1. The van der Waals surface area contributed by atoms with Crippen molar-refractivity contribution >= 4 is 0 Å². The standard InChI is InChI=1S/C23H14NO.Ir/c1-2-10-18-16(8-1)17-9-3-4-13-21(17)25-22-14-7-11-19(23(18)22)20-12-5-6-15-24-20;/h1-10,12-15H;/q-1;. The molecule has 1 aromatic heterocycles. The van der Waals surface area contributed by atoms with Gasteiger partial charge in [0.25, 0.3) is 0 Å². The molecule has 0 saturated carbocycles. The minimum atomic E-state index is 0. The topological polar surface area (TPSA) is 22.1 Å². The van der Waals surface area contributed by atoms with E-state index in [4.69, 9.17) is 4.74 Å². The number of aromatic nitrogens is 1. The molecule has 0 fully saturated rings. The fraction of sp³-hybridized carbons (Fsp3) is 0. The smallest absolute Gasteiger partial charge is 0.132 e. The SMILES string of the molecule is [Ir].[c-]1ccc2c(c1-c1ccccn1)-c1ccccc1-c1ccccc1O2. The van der Waals surface area contributed by atoms with Gasteiger partial charge in [0.15, 0.2) is 0 Å². The molecular formula is C23H14IrNO-. The summed E-state index contributed by atoms with van der Waals surface area (Å²) in [5, 5.41) is 0. The van der Waals surface area contributed by atoms with Crippen molar-refractivity contribution in [2.24, 2.45) is 0 Å². The third-order valence-electron chi connectivity index (χ3n) is 4.47. The van der Waals surface area contributed by atoms with Crippen molar-refractivity contribution < 1.29 is 24.8 Å². The summed E-state index contributed by atoms with van der Waals surface area (Å²) in [5.41, 5.74) is 6.28. The van der Waals surface area contributed by atoms with E-state index in [1.165, 1.54) is 0 Å². The van der Waals surface area contributed by atoms with Gasteiger partial charge in [0, 0.05) is 31.9 Å². The van der Waals surface area contributed by atoms with E-state index in [1.54, 1.807) is 6.20 Å². The van der Waals surface area contributed by atoms with Crippen LogP contribution in [0.5, 0.6) is 11.5 Å². The molecular weight excluding hydrogens is 498 g/mol. The summed E-state index contributed by atoms with van der Waals surface area (Å²) in [6.07, 6.45) is 1.81. The zero-order valence-electron chi connectivity index (χ0n) is 13.8. The van der Waals surface area contributed by atoms with E-state index in [-0.39, 0.29) is 20.1 Å². The third-order valence-corrected chi connectivity index (χ3v) is 4.47. The maximum Gasteiger partial charge on any atom is 0.132 e. The van der Waals surface area contributed by atoms with Crippen LogP contribution < -0.4 is 4.74 Å². The molecule has 2 nitrogen and oxygen atoms in total. The van der Waals surface area contributed by atoms with Gasteiger partial charge < -0.3 is 9.72 Å². The average Bonchev–Trinajstić information content (AvgIpc) is 2.83. The fourth-order valence-corrected chi connectivity index (χ4v) is 3.38. The van der Waals surface area contributed by atoms with Crippen molar-refractivity contribution in [2.45, 2.75) is 0 Å². The van der Waals surface area contributed by atoms with Crippen molar-refractivity contribution in [3.8, 4) is 45.0 Å². The Labute approximate surface area is 165 Å². The molecule has 1 aliphatic heterocycles. The summed E-state index contributed by atoms with van der Waals surface area (Å²) in [4.78, 5) is 4.52. The number of para-hydroxylation sites is 1. The average molecular weight is 513 g/mol. The van der Waals surface area contributed by atoms with E-state index in [2.05, 4.69) is 41.4 Å². The molecule has 1 radical (unpaired) electrons. The van der Waals surface area contributed by atoms with Crippen molar-refractivity contribution in [1.82, 2.24) is 4.98 Å². The normalized spacial score (nSPS) is 11.1. The second-order valence-electron chi connectivity index (χ2n) is 5.95. The maximum atomic E-state index is 6.30. The summed E-state index contributed by atoms with van der Waals surface area (Å²) in [5.74, 6) is 1.70. The molecule has 0 bridgehead atoms. The number of hydrogen-bond donors (Lipinski definition) is 0. The van der Waals surface area contributed by atoms with Gasteiger partial charge in [-0.2, -0.15) is 0 Å². The van der Waals surface area contributed by atoms with Crippen LogP contribution in [0.25, 0.3) is 33.5 Å². The van der Waals surface area contributed by atoms with Gasteiger partial charge in [-0.1, -0.05) is 66.2 Å². The van der Waals surface area contributed by atoms with E-state index in [0.717, 1.165) is 45.0 Å². The first-order chi connectivity index (χ1) is 12.4. The molecule has 26 heavy (non-hydrogen) atoms. The van der Waals surface area contributed by atoms with Gasteiger partial charge in [-0.25, -0.2) is 0 Å². The summed E-state index contributed by atoms with van der Waals surface area (Å²) in [6.45, 7) is 0. The number of pyridine rings is 1. The molecule has 3 heteroatoms. The fourth-order valence-electron chi connectivity index (χ4n) is 3.38. The molecule has 0 spiro atoms. The van der Waals surface area contributed by atoms with Crippen LogP contribution in [0.1, 0.15) is 0 Å². The molecule has 0 unspecified atom stereocenters. The molecule has 4 aromatic rings. The van der Waals surface area contributed by atoms with Crippen LogP contribution in [0.4, 0.5) is 0 Å². The van der Waals surface area contributed by atoms with Gasteiger partial charge >= 0.3 is 0 Å². The van der Waals surface area contributed by atoms with Crippen LogP contribution in [0.2, 0.25) is 0 Å². The largest absolute Gasteiger partial charge is 0.476 e. The monoisotopic (exact) mass is 513 g/mol. The summed E-state index contributed by atoms with van der Waals surface area (Å²) in [7, 11) is 0. The van der Waals surface area contributed by atoms with E-state index < -0.39 is 0 Å². The summed E-state index contributed by atoms with van der Waals surface area (Å²) >= 11 is 0. The summed E-state index contributed by atoms with van der Waals surface area (Å²) < 4.78 is 6.30. The number of ether oxygens (including phenoxy) is 1. The summed E-state index contributed by atoms with van der Waals surface area (Å²) in [6, 6.07) is 29.7. The molecule has 0 atom stereocenters. The van der Waals surface area contributed by atoms with E-state index in [0.29, 0.717) is 0 Å². The number of rotatable bonds is 1. The van der Waals surface area contributed by atoms with E-state index >= 15 is 0 Å². The Hall–Kier alpha value is -2.74. The maximum absolute atomic E-state index is 6.30. The quantitative estimate of drug-likeness (QED) is 0.258. The van der Waals surface area contributed by atoms with Crippen LogP contribution >= 0.6 is 0 Å². The molecule has 0 aliphatic carbocycles. The van der Waals surface area contributed by atoms with Gasteiger partial charge in [-0.05, 0) is 29.0 Å². The minimum absolute atomic E-state index is 0. The number of benzene rings is 3. The Morgan fingerprint density at radius 2 is 1.42 bits per heavy atom. The van der Waals surface area contributed by atoms with Crippen LogP contribution in [0.3, 0.4) is 0 Å². The minimum Gasteiger partial charge on any atom is -0.476 e. The van der Waals surface area contributed by atoms with E-state index in [9.17, 15) is 0 Å². The van der Waals surface area contributed by atoms with Gasteiger partial charge in [0.1, 0.15) is 5.75 Å². The molecule has 3 aromatic carbocycles. The molecule has 0 saturated heterocycles. The second kappa shape index (κ2) is 6.87. The van der Waals surface area contributed by atoms with Crippen molar-refractivity contribution in [2.75, 3.05) is 0 Å². The molecule has 1 aliphatic rings.